The molecule has 0 atom stereocenters. The van der Waals surface area contributed by atoms with Crippen molar-refractivity contribution in [2.45, 2.75) is 13.0 Å². The van der Waals surface area contributed by atoms with Gasteiger partial charge in [0.1, 0.15) is 18.1 Å². The van der Waals surface area contributed by atoms with E-state index in [9.17, 15) is 4.79 Å². The van der Waals surface area contributed by atoms with E-state index in [2.05, 4.69) is 5.32 Å². The summed E-state index contributed by atoms with van der Waals surface area (Å²) in [6.07, 6.45) is 0.782. The van der Waals surface area contributed by atoms with E-state index in [0.29, 0.717) is 18.1 Å². The van der Waals surface area contributed by atoms with Gasteiger partial charge in [0.2, 0.25) is 0 Å². The Morgan fingerprint density at radius 1 is 0.857 bits per heavy atom. The number of hydrogen-bond acceptors (Lipinski definition) is 3. The van der Waals surface area contributed by atoms with Crippen molar-refractivity contribution >= 4 is 16.7 Å². The highest BCUT2D eigenvalue weighted by Crippen LogP contribution is 2.26. The third-order valence-corrected chi connectivity index (χ3v) is 4.55. The molecule has 4 nitrogen and oxygen atoms in total. The number of carbonyl (C=O) groups is 1. The number of benzene rings is 3. The Bertz CT molecular complexity index is 1060. The van der Waals surface area contributed by atoms with E-state index in [1.807, 2.05) is 72.8 Å². The minimum Gasteiger partial charge on any atom is -0.485 e. The molecule has 1 heterocycles. The van der Waals surface area contributed by atoms with E-state index >= 15 is 0 Å². The van der Waals surface area contributed by atoms with Crippen LogP contribution >= 0.6 is 0 Å². The second-order valence-electron chi connectivity index (χ2n) is 6.52. The van der Waals surface area contributed by atoms with Crippen LogP contribution in [-0.2, 0) is 13.0 Å². The Hall–Kier alpha value is -3.53. The van der Waals surface area contributed by atoms with Crippen LogP contribution in [0.1, 0.15) is 21.9 Å². The zero-order valence-corrected chi connectivity index (χ0v) is 15.4. The highest BCUT2D eigenvalue weighted by atomic mass is 16.5. The number of amides is 1. The summed E-state index contributed by atoms with van der Waals surface area (Å²) >= 11 is 0. The Kier molecular flexibility index (Phi) is 5.38. The van der Waals surface area contributed by atoms with Crippen LogP contribution in [0.2, 0.25) is 0 Å². The molecule has 140 valence electrons. The molecule has 4 rings (SSSR count). The molecule has 1 amide bonds. The minimum absolute atomic E-state index is 0.215. The fourth-order valence-electron chi connectivity index (χ4n) is 3.10. The highest BCUT2D eigenvalue weighted by Gasteiger charge is 2.11. The zero-order chi connectivity index (χ0) is 19.2. The molecule has 0 saturated carbocycles. The first-order chi connectivity index (χ1) is 13.8. The van der Waals surface area contributed by atoms with Gasteiger partial charge in [0, 0.05) is 11.9 Å². The lowest BCUT2D eigenvalue weighted by molar-refractivity contribution is 0.0922. The lowest BCUT2D eigenvalue weighted by Crippen LogP contribution is -2.25. The van der Waals surface area contributed by atoms with Gasteiger partial charge >= 0.3 is 0 Å². The van der Waals surface area contributed by atoms with Crippen molar-refractivity contribution in [2.24, 2.45) is 0 Å². The van der Waals surface area contributed by atoms with E-state index < -0.39 is 0 Å². The topological polar surface area (TPSA) is 51.5 Å². The maximum atomic E-state index is 12.3. The van der Waals surface area contributed by atoms with Gasteiger partial charge in [-0.15, -0.1) is 0 Å². The smallest absolute Gasteiger partial charge is 0.287 e. The van der Waals surface area contributed by atoms with Gasteiger partial charge in [0.15, 0.2) is 5.76 Å². The molecule has 4 aromatic rings. The Morgan fingerprint density at radius 2 is 1.64 bits per heavy atom. The second kappa shape index (κ2) is 8.44. The Balaban J connectivity index is 1.33. The molecule has 3 aromatic carbocycles. The molecule has 0 bridgehead atoms. The first-order valence-corrected chi connectivity index (χ1v) is 9.31. The third-order valence-electron chi connectivity index (χ3n) is 4.55. The molecular formula is C24H21NO3. The SMILES string of the molecule is O=C(NCCc1ccccc1)c1ccc(COc2cccc3ccccc23)o1. The lowest BCUT2D eigenvalue weighted by atomic mass is 10.1. The average Bonchev–Trinajstić information content (AvgIpc) is 3.22. The van der Waals surface area contributed by atoms with Gasteiger partial charge in [-0.1, -0.05) is 66.7 Å². The number of ether oxygens (including phenoxy) is 1. The number of carbonyl (C=O) groups excluding carboxylic acids is 1. The summed E-state index contributed by atoms with van der Waals surface area (Å²) in [7, 11) is 0. The van der Waals surface area contributed by atoms with Crippen LogP contribution in [0.25, 0.3) is 10.8 Å². The van der Waals surface area contributed by atoms with Crippen LogP contribution < -0.4 is 10.1 Å². The quantitative estimate of drug-likeness (QED) is 0.498. The summed E-state index contributed by atoms with van der Waals surface area (Å²) in [6.45, 7) is 0.830. The van der Waals surface area contributed by atoms with Gasteiger partial charge in [-0.3, -0.25) is 4.79 Å². The van der Waals surface area contributed by atoms with Crippen molar-refractivity contribution in [1.82, 2.24) is 5.32 Å². The summed E-state index contributed by atoms with van der Waals surface area (Å²) < 4.78 is 11.6. The normalized spacial score (nSPS) is 10.7. The summed E-state index contributed by atoms with van der Waals surface area (Å²) in [5, 5.41) is 5.06. The molecule has 1 N–H and O–H groups in total. The van der Waals surface area contributed by atoms with Crippen LogP contribution in [0.4, 0.5) is 0 Å². The molecule has 28 heavy (non-hydrogen) atoms. The van der Waals surface area contributed by atoms with Crippen molar-refractivity contribution in [3.63, 3.8) is 0 Å². The molecule has 1 aromatic heterocycles. The first-order valence-electron chi connectivity index (χ1n) is 9.31. The van der Waals surface area contributed by atoms with Crippen molar-refractivity contribution in [3.8, 4) is 5.75 Å². The van der Waals surface area contributed by atoms with Gasteiger partial charge < -0.3 is 14.5 Å². The van der Waals surface area contributed by atoms with Crippen molar-refractivity contribution < 1.29 is 13.9 Å². The summed E-state index contributed by atoms with van der Waals surface area (Å²) in [5.74, 6) is 1.49. The molecule has 4 heteroatoms. The fourth-order valence-corrected chi connectivity index (χ4v) is 3.10. The maximum absolute atomic E-state index is 12.3. The molecule has 0 aliphatic carbocycles. The Labute approximate surface area is 163 Å². The predicted octanol–water partition coefficient (Wildman–Crippen LogP) is 4.98. The molecule has 0 saturated heterocycles. The van der Waals surface area contributed by atoms with Crippen LogP contribution in [0, 0.1) is 0 Å². The van der Waals surface area contributed by atoms with E-state index in [0.717, 1.165) is 22.9 Å². The van der Waals surface area contributed by atoms with E-state index in [-0.39, 0.29) is 12.5 Å². The largest absolute Gasteiger partial charge is 0.485 e. The Morgan fingerprint density at radius 3 is 2.54 bits per heavy atom. The summed E-state index contributed by atoms with van der Waals surface area (Å²) in [4.78, 5) is 12.3. The number of furan rings is 1. The molecule has 0 unspecified atom stereocenters. The van der Waals surface area contributed by atoms with Gasteiger partial charge in [-0.25, -0.2) is 0 Å². The monoisotopic (exact) mass is 371 g/mol. The first kappa shape index (κ1) is 17.9. The van der Waals surface area contributed by atoms with Crippen molar-refractivity contribution in [1.29, 1.82) is 0 Å². The molecule has 0 spiro atoms. The minimum atomic E-state index is -0.215. The van der Waals surface area contributed by atoms with Crippen LogP contribution in [0.3, 0.4) is 0 Å². The van der Waals surface area contributed by atoms with Gasteiger partial charge in [0.05, 0.1) is 0 Å². The lowest BCUT2D eigenvalue weighted by Gasteiger charge is -2.08. The van der Waals surface area contributed by atoms with Gasteiger partial charge in [0.25, 0.3) is 5.91 Å². The van der Waals surface area contributed by atoms with Gasteiger partial charge in [-0.05, 0) is 35.6 Å². The highest BCUT2D eigenvalue weighted by molar-refractivity contribution is 5.91. The molecule has 0 aliphatic rings. The summed E-state index contributed by atoms with van der Waals surface area (Å²) in [6, 6.07) is 27.5. The number of hydrogen-bond donors (Lipinski definition) is 1. The van der Waals surface area contributed by atoms with E-state index in [1.165, 1.54) is 5.56 Å². The number of rotatable bonds is 7. The van der Waals surface area contributed by atoms with Crippen molar-refractivity contribution in [2.75, 3.05) is 6.54 Å². The molecule has 0 radical (unpaired) electrons. The van der Waals surface area contributed by atoms with E-state index in [1.54, 1.807) is 12.1 Å². The van der Waals surface area contributed by atoms with Crippen molar-refractivity contribution in [3.05, 3.63) is 102 Å². The van der Waals surface area contributed by atoms with Gasteiger partial charge in [-0.2, -0.15) is 0 Å². The molecular weight excluding hydrogens is 350 g/mol. The fraction of sp³-hybridized carbons (Fsp3) is 0.125. The standard InChI is InChI=1S/C24H21NO3/c26-24(25-16-15-18-7-2-1-3-8-18)23-14-13-20(28-23)17-27-22-12-6-10-19-9-4-5-11-21(19)22/h1-14H,15-17H2,(H,25,26). The van der Waals surface area contributed by atoms with Crippen LogP contribution in [0.15, 0.2) is 89.3 Å². The predicted molar refractivity (Wildman–Crippen MR) is 109 cm³/mol. The number of nitrogens with one attached hydrogen (secondary N) is 1. The average molecular weight is 371 g/mol. The maximum Gasteiger partial charge on any atom is 0.287 e. The molecule has 0 aliphatic heterocycles. The molecule has 0 fully saturated rings. The summed E-state index contributed by atoms with van der Waals surface area (Å²) in [5.41, 5.74) is 1.19. The van der Waals surface area contributed by atoms with E-state index in [4.69, 9.17) is 9.15 Å². The van der Waals surface area contributed by atoms with Crippen LogP contribution in [-0.4, -0.2) is 12.5 Å². The van der Waals surface area contributed by atoms with Crippen LogP contribution in [0.5, 0.6) is 5.75 Å². The number of fused-ring (bicyclic) bond motifs is 1. The zero-order valence-electron chi connectivity index (χ0n) is 15.4. The third kappa shape index (κ3) is 4.23. The second-order valence-corrected chi connectivity index (χ2v) is 6.52.